The molecule has 0 aliphatic carbocycles. The molecule has 3 aromatic rings. The van der Waals surface area contributed by atoms with Crippen molar-refractivity contribution in [1.29, 1.82) is 0 Å². The number of aromatic nitrogens is 1. The van der Waals surface area contributed by atoms with Crippen LogP contribution in [0.25, 0.3) is 21.3 Å². The zero-order chi connectivity index (χ0) is 25.7. The number of thiophene rings is 1. The van der Waals surface area contributed by atoms with Crippen molar-refractivity contribution in [3.8, 4) is 11.3 Å². The van der Waals surface area contributed by atoms with Crippen LogP contribution in [0.1, 0.15) is 85.3 Å². The largest absolute Gasteiger partial charge is 0.512 e. The summed E-state index contributed by atoms with van der Waals surface area (Å²) >= 11 is 1.77. The number of aliphatic hydroxyl groups is 1. The van der Waals surface area contributed by atoms with Crippen LogP contribution in [0, 0.1) is 23.8 Å². The Bertz CT molecular complexity index is 1150. The molecule has 1 N–H and O–H groups in total. The van der Waals surface area contributed by atoms with Gasteiger partial charge in [0.05, 0.1) is 0 Å². The number of aryl methyl sites for hydroxylation is 1. The summed E-state index contributed by atoms with van der Waals surface area (Å²) in [6.07, 6.45) is 5.65. The van der Waals surface area contributed by atoms with Crippen LogP contribution in [0.2, 0.25) is 0 Å². The van der Waals surface area contributed by atoms with Gasteiger partial charge in [0, 0.05) is 53.3 Å². The number of carbonyl (C=O) groups is 1. The van der Waals surface area contributed by atoms with Gasteiger partial charge in [0.15, 0.2) is 5.78 Å². The second-order valence-electron chi connectivity index (χ2n) is 10.9. The smallest absolute Gasteiger partial charge is 0.164 e. The average Bonchev–Trinajstić information content (AvgIpc) is 3.21. The van der Waals surface area contributed by atoms with Crippen LogP contribution < -0.4 is 0 Å². The quantitative estimate of drug-likeness (QED) is 0.167. The number of hydrogen-bond donors (Lipinski definition) is 1. The number of ketones is 1. The van der Waals surface area contributed by atoms with Crippen molar-refractivity contribution in [2.24, 2.45) is 10.8 Å². The van der Waals surface area contributed by atoms with Gasteiger partial charge in [-0.1, -0.05) is 81.2 Å². The van der Waals surface area contributed by atoms with E-state index in [9.17, 15) is 9.90 Å². The van der Waals surface area contributed by atoms with Gasteiger partial charge in [0.25, 0.3) is 0 Å². The van der Waals surface area contributed by atoms with Gasteiger partial charge in [-0.3, -0.25) is 4.79 Å². The van der Waals surface area contributed by atoms with Gasteiger partial charge in [0.1, 0.15) is 5.76 Å². The van der Waals surface area contributed by atoms with Crippen molar-refractivity contribution in [2.75, 3.05) is 0 Å². The Labute approximate surface area is 229 Å². The van der Waals surface area contributed by atoms with Crippen LogP contribution in [0.4, 0.5) is 0 Å². The normalized spacial score (nSPS) is 12.2. The van der Waals surface area contributed by atoms with Crippen molar-refractivity contribution >= 4 is 27.2 Å². The van der Waals surface area contributed by atoms with E-state index in [1.807, 2.05) is 47.7 Å². The molecule has 2 heterocycles. The molecule has 0 amide bonds. The van der Waals surface area contributed by atoms with Gasteiger partial charge in [-0.2, -0.15) is 0 Å². The third-order valence-corrected chi connectivity index (χ3v) is 6.75. The van der Waals surface area contributed by atoms with Gasteiger partial charge >= 0.3 is 0 Å². The summed E-state index contributed by atoms with van der Waals surface area (Å²) in [4.78, 5) is 16.1. The first-order valence-electron chi connectivity index (χ1n) is 12.1. The van der Waals surface area contributed by atoms with Crippen LogP contribution >= 0.6 is 11.3 Å². The molecule has 3 nitrogen and oxygen atoms in total. The van der Waals surface area contributed by atoms with E-state index in [1.54, 1.807) is 11.3 Å². The predicted octanol–water partition coefficient (Wildman–Crippen LogP) is 9.06. The second kappa shape index (κ2) is 12.9. The average molecular weight is 671 g/mol. The summed E-state index contributed by atoms with van der Waals surface area (Å²) in [7, 11) is 0. The number of pyridine rings is 1. The zero-order valence-electron chi connectivity index (χ0n) is 22.6. The Hall–Kier alpha value is -1.81. The molecular weight excluding hydrogens is 631 g/mol. The number of fused-ring (bicyclic) bond motifs is 1. The maximum Gasteiger partial charge on any atom is 0.164 e. The standard InChI is InChI=1S/C19H20NS.C11H20O2.Ir/c1-4-14(5-2)16-8-13(3)9-17(10-16)18-11-19-15(12-20-18)6-7-21-19;1-10(2,3)8(12)7-9(13)11(4,5)6;/h6-8,10-12,14H,4-5H2,1-3H3;7,12H,1-6H3;/q-1;;/b;8-7-;. The van der Waals surface area contributed by atoms with E-state index in [0.29, 0.717) is 5.92 Å². The zero-order valence-corrected chi connectivity index (χ0v) is 25.8. The van der Waals surface area contributed by atoms with Gasteiger partial charge < -0.3 is 10.1 Å². The van der Waals surface area contributed by atoms with Crippen molar-refractivity contribution in [3.63, 3.8) is 0 Å². The first-order chi connectivity index (χ1) is 15.8. The Morgan fingerprint density at radius 1 is 1.09 bits per heavy atom. The molecule has 0 saturated heterocycles. The number of benzene rings is 1. The molecule has 0 saturated carbocycles. The number of rotatable bonds is 5. The SMILES string of the molecule is CC(C)(C)C(=O)/C=C(\O)C(C)(C)C.CCC(CC)c1cc(C)[c-]c(-c2cc3sccc3cn2)c1.[Ir]. The van der Waals surface area contributed by atoms with E-state index >= 15 is 0 Å². The number of carbonyl (C=O) groups excluding carboxylic acids is 1. The number of aliphatic hydroxyl groups excluding tert-OH is 1. The number of nitrogens with zero attached hydrogens (tertiary/aromatic N) is 1. The molecule has 1 radical (unpaired) electrons. The fourth-order valence-electron chi connectivity index (χ4n) is 3.44. The molecule has 0 spiro atoms. The van der Waals surface area contributed by atoms with E-state index < -0.39 is 5.41 Å². The molecule has 5 heteroatoms. The molecule has 0 unspecified atom stereocenters. The van der Waals surface area contributed by atoms with E-state index in [1.165, 1.54) is 40.1 Å². The second-order valence-corrected chi connectivity index (χ2v) is 11.9. The van der Waals surface area contributed by atoms with Crippen molar-refractivity contribution in [2.45, 2.75) is 81.1 Å². The molecule has 0 fully saturated rings. The Morgan fingerprint density at radius 3 is 2.26 bits per heavy atom. The maximum atomic E-state index is 11.5. The third-order valence-electron chi connectivity index (χ3n) is 5.87. The van der Waals surface area contributed by atoms with E-state index in [-0.39, 0.29) is 37.1 Å². The maximum absolute atomic E-state index is 11.5. The van der Waals surface area contributed by atoms with Crippen LogP contribution in [0.3, 0.4) is 0 Å². The summed E-state index contributed by atoms with van der Waals surface area (Å²) in [6.45, 7) is 17.8. The summed E-state index contributed by atoms with van der Waals surface area (Å²) in [5.41, 5.74) is 4.00. The summed E-state index contributed by atoms with van der Waals surface area (Å²) < 4.78 is 1.29. The number of allylic oxidation sites excluding steroid dienone is 2. The predicted molar refractivity (Wildman–Crippen MR) is 147 cm³/mol. The molecule has 2 aromatic heterocycles. The fourth-order valence-corrected chi connectivity index (χ4v) is 4.23. The van der Waals surface area contributed by atoms with Gasteiger partial charge in [-0.15, -0.1) is 46.2 Å². The van der Waals surface area contributed by atoms with E-state index in [0.717, 1.165) is 11.3 Å². The van der Waals surface area contributed by atoms with Crippen LogP contribution in [-0.4, -0.2) is 15.9 Å². The first kappa shape index (κ1) is 31.2. The molecule has 193 valence electrons. The minimum Gasteiger partial charge on any atom is -0.512 e. The first-order valence-corrected chi connectivity index (χ1v) is 13.0. The summed E-state index contributed by atoms with van der Waals surface area (Å²) in [5.74, 6) is 0.731. The molecule has 0 atom stereocenters. The molecule has 0 bridgehead atoms. The molecule has 1 aromatic carbocycles. The molecule has 35 heavy (non-hydrogen) atoms. The van der Waals surface area contributed by atoms with Crippen LogP contribution in [0.15, 0.2) is 47.7 Å². The third kappa shape index (κ3) is 8.97. The van der Waals surface area contributed by atoms with Gasteiger partial charge in [-0.25, -0.2) is 0 Å². The number of hydrogen-bond acceptors (Lipinski definition) is 4. The Morgan fingerprint density at radius 2 is 1.71 bits per heavy atom. The van der Waals surface area contributed by atoms with Crippen molar-refractivity contribution in [1.82, 2.24) is 4.98 Å². The molecule has 3 rings (SSSR count). The summed E-state index contributed by atoms with van der Waals surface area (Å²) in [5, 5.41) is 12.9. The summed E-state index contributed by atoms with van der Waals surface area (Å²) in [6, 6.07) is 12.3. The van der Waals surface area contributed by atoms with Crippen molar-refractivity contribution in [3.05, 3.63) is 64.9 Å². The van der Waals surface area contributed by atoms with Crippen molar-refractivity contribution < 1.29 is 30.0 Å². The topological polar surface area (TPSA) is 50.2 Å². The molecule has 0 aliphatic heterocycles. The molecular formula is C30H40IrNO2S-. The van der Waals surface area contributed by atoms with Gasteiger partial charge in [0.2, 0.25) is 0 Å². The monoisotopic (exact) mass is 671 g/mol. The van der Waals surface area contributed by atoms with E-state index in [4.69, 9.17) is 0 Å². The minimum absolute atomic E-state index is 0. The Balaban J connectivity index is 0.000000383. The van der Waals surface area contributed by atoms with Gasteiger partial charge in [-0.05, 0) is 23.1 Å². The Kier molecular flexibility index (Phi) is 11.5. The molecule has 0 aliphatic rings. The minimum atomic E-state index is -0.417. The fraction of sp³-hybridized carbons (Fsp3) is 0.467. The van der Waals surface area contributed by atoms with E-state index in [2.05, 4.69) is 61.5 Å². The van der Waals surface area contributed by atoms with Crippen LogP contribution in [-0.2, 0) is 24.9 Å². The van der Waals surface area contributed by atoms with Crippen LogP contribution in [0.5, 0.6) is 0 Å².